The Hall–Kier alpha value is -4.25. The van der Waals surface area contributed by atoms with Gasteiger partial charge in [-0.1, -0.05) is 6.07 Å². The minimum Gasteiger partial charge on any atom is -0.493 e. The number of aryl methyl sites for hydroxylation is 1. The number of allylic oxidation sites excluding steroid dienone is 2. The van der Waals surface area contributed by atoms with Crippen LogP contribution in [-0.4, -0.2) is 91.8 Å². The molecule has 3 heterocycles. The van der Waals surface area contributed by atoms with Crippen molar-refractivity contribution in [3.63, 3.8) is 0 Å². The van der Waals surface area contributed by atoms with Crippen LogP contribution >= 0.6 is 0 Å². The third kappa shape index (κ3) is 6.20. The molecule has 1 saturated heterocycles. The lowest BCUT2D eigenvalue weighted by molar-refractivity contribution is -0.123. The summed E-state index contributed by atoms with van der Waals surface area (Å²) in [6, 6.07) is 0.852. The molecule has 13 heteroatoms. The fourth-order valence-corrected chi connectivity index (χ4v) is 7.43. The van der Waals surface area contributed by atoms with Crippen molar-refractivity contribution in [2.45, 2.75) is 103 Å². The van der Waals surface area contributed by atoms with Crippen LogP contribution in [0.4, 0.5) is 4.79 Å². The first kappa shape index (κ1) is 35.1. The molecule has 1 fully saturated rings. The van der Waals surface area contributed by atoms with Gasteiger partial charge in [0.25, 0.3) is 0 Å². The molecule has 2 bridgehead atoms. The molecule has 48 heavy (non-hydrogen) atoms. The lowest BCUT2D eigenvalue weighted by atomic mass is 9.69. The van der Waals surface area contributed by atoms with Crippen molar-refractivity contribution in [3.8, 4) is 17.6 Å². The molecule has 1 aromatic carbocycles. The molecular formula is C35H45N5O8. The van der Waals surface area contributed by atoms with E-state index < -0.39 is 47.8 Å². The highest BCUT2D eigenvalue weighted by atomic mass is 16.7. The molecule has 0 radical (unpaired) electrons. The highest BCUT2D eigenvalue weighted by Gasteiger charge is 2.55. The zero-order valence-corrected chi connectivity index (χ0v) is 29.0. The van der Waals surface area contributed by atoms with Gasteiger partial charge >= 0.3 is 6.09 Å². The molecule has 1 aliphatic carbocycles. The van der Waals surface area contributed by atoms with E-state index >= 15 is 0 Å². The predicted molar refractivity (Wildman–Crippen MR) is 174 cm³/mol. The normalized spacial score (nSPS) is 25.7. The van der Waals surface area contributed by atoms with Gasteiger partial charge < -0.3 is 34.9 Å². The average Bonchev–Trinajstić information content (AvgIpc) is 3.02. The second-order valence-electron chi connectivity index (χ2n) is 13.9. The van der Waals surface area contributed by atoms with Gasteiger partial charge in [-0.3, -0.25) is 19.3 Å². The summed E-state index contributed by atoms with van der Waals surface area (Å²) >= 11 is 0. The summed E-state index contributed by atoms with van der Waals surface area (Å²) in [4.78, 5) is 55.5. The van der Waals surface area contributed by atoms with Crippen molar-refractivity contribution in [1.29, 1.82) is 5.26 Å². The Balaban J connectivity index is 1.57. The van der Waals surface area contributed by atoms with Crippen molar-refractivity contribution in [1.82, 2.24) is 20.9 Å². The highest BCUT2D eigenvalue weighted by molar-refractivity contribution is 6.25. The number of fused-ring (bicyclic) bond motifs is 6. The van der Waals surface area contributed by atoms with E-state index in [4.69, 9.17) is 18.9 Å². The lowest BCUT2D eigenvalue weighted by Crippen LogP contribution is -2.71. The Bertz CT molecular complexity index is 1650. The topological polar surface area (TPSA) is 168 Å². The monoisotopic (exact) mass is 663 g/mol. The number of hydrogen-bond donors (Lipinski definition) is 3. The molecule has 2 amide bonds. The number of nitriles is 1. The fourth-order valence-electron chi connectivity index (χ4n) is 7.43. The van der Waals surface area contributed by atoms with E-state index in [-0.39, 0.29) is 37.4 Å². The number of nitrogens with zero attached hydrogens (tertiary/aromatic N) is 2. The SMILES string of the molecule is COCOc1c(OC)c(C)cc2c1[C@@H]1NC(C2)[C@H](C#N)N2C1CC1=C(C(=O)C(C)=C(C)C1=O)[C@@H]2CNC(=O)[C@H](C)NC(=O)OC(C)(C)C. The molecule has 0 aromatic heterocycles. The first-order valence-corrected chi connectivity index (χ1v) is 16.2. The molecular weight excluding hydrogens is 618 g/mol. The van der Waals surface area contributed by atoms with Gasteiger partial charge in [0.05, 0.1) is 25.3 Å². The van der Waals surface area contributed by atoms with E-state index in [2.05, 4.69) is 28.1 Å². The van der Waals surface area contributed by atoms with E-state index in [1.165, 1.54) is 14.0 Å². The predicted octanol–water partition coefficient (Wildman–Crippen LogP) is 2.70. The average molecular weight is 664 g/mol. The largest absolute Gasteiger partial charge is 0.493 e. The third-order valence-electron chi connectivity index (χ3n) is 9.61. The van der Waals surface area contributed by atoms with E-state index in [1.807, 2.05) is 11.8 Å². The van der Waals surface area contributed by atoms with Gasteiger partial charge in [0, 0.05) is 53.6 Å². The molecule has 3 aliphatic heterocycles. The van der Waals surface area contributed by atoms with Crippen LogP contribution in [0.15, 0.2) is 28.4 Å². The number of hydrogen-bond acceptors (Lipinski definition) is 11. The maximum Gasteiger partial charge on any atom is 0.408 e. The van der Waals surface area contributed by atoms with Crippen molar-refractivity contribution in [3.05, 3.63) is 45.0 Å². The molecule has 6 atom stereocenters. The van der Waals surface area contributed by atoms with Crippen LogP contribution in [0.5, 0.6) is 11.5 Å². The molecule has 5 rings (SSSR count). The minimum absolute atomic E-state index is 0.0205. The smallest absolute Gasteiger partial charge is 0.408 e. The standard InChI is InChI=1S/C35H45N5O8/c1-16-10-20-11-22-24(13-36)40-23(28(39-22)26(20)32(31(16)46-9)47-15-45-8)12-21-27(30(42)18(3)17(2)29(21)41)25(40)14-37-33(43)19(4)38-34(44)48-35(5,6)7/h10,19,22-25,28,39H,11-12,14-15H2,1-9H3,(H,37,43)(H,38,44)/t19-,22?,23?,24-,25-,28+/m0/s1. The summed E-state index contributed by atoms with van der Waals surface area (Å²) in [6.45, 7) is 11.8. The van der Waals surface area contributed by atoms with Gasteiger partial charge in [-0.15, -0.1) is 0 Å². The Morgan fingerprint density at radius 1 is 1.10 bits per heavy atom. The second-order valence-corrected chi connectivity index (χ2v) is 13.9. The lowest BCUT2D eigenvalue weighted by Gasteiger charge is -2.57. The van der Waals surface area contributed by atoms with E-state index in [0.29, 0.717) is 40.2 Å². The number of benzene rings is 1. The number of piperazine rings is 1. The molecule has 1 aromatic rings. The Morgan fingerprint density at radius 3 is 2.42 bits per heavy atom. The number of ether oxygens (including phenoxy) is 4. The first-order chi connectivity index (χ1) is 22.6. The first-order valence-electron chi connectivity index (χ1n) is 16.2. The molecule has 0 saturated carbocycles. The number of carbonyl (C=O) groups is 4. The van der Waals surface area contributed by atoms with Crippen LogP contribution in [0.3, 0.4) is 0 Å². The molecule has 4 aliphatic rings. The number of nitrogens with one attached hydrogen (secondary N) is 3. The van der Waals surface area contributed by atoms with E-state index in [9.17, 15) is 24.4 Å². The van der Waals surface area contributed by atoms with Crippen molar-refractivity contribution in [2.75, 3.05) is 27.6 Å². The van der Waals surface area contributed by atoms with Gasteiger partial charge in [-0.05, 0) is 72.4 Å². The quantitative estimate of drug-likeness (QED) is 0.276. The second kappa shape index (κ2) is 13.3. The maximum absolute atomic E-state index is 14.0. The molecule has 3 N–H and O–H groups in total. The fraction of sp³-hybridized carbons (Fsp3) is 0.571. The summed E-state index contributed by atoms with van der Waals surface area (Å²) in [5.74, 6) is 0.0754. The van der Waals surface area contributed by atoms with Crippen LogP contribution in [0.25, 0.3) is 0 Å². The van der Waals surface area contributed by atoms with Crippen LogP contribution in [0, 0.1) is 18.3 Å². The zero-order valence-electron chi connectivity index (χ0n) is 29.0. The molecule has 258 valence electrons. The summed E-state index contributed by atoms with van der Waals surface area (Å²) in [5, 5.41) is 19.8. The summed E-state index contributed by atoms with van der Waals surface area (Å²) in [7, 11) is 3.11. The van der Waals surface area contributed by atoms with Gasteiger partial charge in [0.1, 0.15) is 17.7 Å². The third-order valence-corrected chi connectivity index (χ3v) is 9.61. The number of amides is 2. The van der Waals surface area contributed by atoms with Crippen LogP contribution in [-0.2, 0) is 30.3 Å². The van der Waals surface area contributed by atoms with E-state index in [1.54, 1.807) is 41.7 Å². The van der Waals surface area contributed by atoms with Crippen molar-refractivity contribution < 1.29 is 38.1 Å². The van der Waals surface area contributed by atoms with Crippen LogP contribution in [0.1, 0.15) is 70.7 Å². The minimum atomic E-state index is -0.961. The molecule has 2 unspecified atom stereocenters. The van der Waals surface area contributed by atoms with Gasteiger partial charge in [0.2, 0.25) is 5.91 Å². The zero-order chi connectivity index (χ0) is 35.2. The van der Waals surface area contributed by atoms with Crippen LogP contribution < -0.4 is 25.4 Å². The van der Waals surface area contributed by atoms with Gasteiger partial charge in [-0.25, -0.2) is 4.79 Å². The number of rotatable bonds is 8. The number of alkyl carbamates (subject to hydrolysis) is 1. The maximum atomic E-state index is 14.0. The van der Waals surface area contributed by atoms with Crippen molar-refractivity contribution >= 4 is 23.6 Å². The number of Topliss-reactive ketones (excluding diaryl/α,β-unsaturated/α-hetero) is 2. The highest BCUT2D eigenvalue weighted by Crippen LogP contribution is 2.51. The van der Waals surface area contributed by atoms with Crippen LogP contribution in [0.2, 0.25) is 0 Å². The molecule has 13 nitrogen and oxygen atoms in total. The summed E-state index contributed by atoms with van der Waals surface area (Å²) in [5.41, 5.74) is 3.37. The number of methoxy groups -OCH3 is 2. The Labute approximate surface area is 281 Å². The Kier molecular flexibility index (Phi) is 9.74. The Morgan fingerprint density at radius 2 is 1.79 bits per heavy atom. The van der Waals surface area contributed by atoms with Crippen molar-refractivity contribution in [2.24, 2.45) is 0 Å². The van der Waals surface area contributed by atoms with E-state index in [0.717, 1.165) is 16.7 Å². The molecule has 0 spiro atoms. The summed E-state index contributed by atoms with van der Waals surface area (Å²) in [6.07, 6.45) is -0.0470. The van der Waals surface area contributed by atoms with Gasteiger partial charge in [-0.2, -0.15) is 5.26 Å². The van der Waals surface area contributed by atoms with Gasteiger partial charge in [0.15, 0.2) is 29.9 Å². The number of ketones is 2. The summed E-state index contributed by atoms with van der Waals surface area (Å²) < 4.78 is 22.5. The number of carbonyl (C=O) groups excluding carboxylic acids is 4.